The van der Waals surface area contributed by atoms with Crippen molar-refractivity contribution in [1.29, 1.82) is 0 Å². The molecule has 0 aliphatic carbocycles. The molecular formula is C15H15ClN2S2. The lowest BCUT2D eigenvalue weighted by molar-refractivity contribution is 1.37. The number of hydrogen-bond acceptors (Lipinski definition) is 3. The van der Waals surface area contributed by atoms with Crippen LogP contribution < -0.4 is 11.1 Å². The number of hydrogen-bond donors (Lipinski definition) is 2. The van der Waals surface area contributed by atoms with E-state index in [1.165, 1.54) is 0 Å². The van der Waals surface area contributed by atoms with Crippen molar-refractivity contribution in [2.75, 3.05) is 11.6 Å². The van der Waals surface area contributed by atoms with E-state index < -0.39 is 0 Å². The first-order valence-corrected chi connectivity index (χ1v) is 8.04. The molecule has 0 atom stereocenters. The Morgan fingerprint density at radius 1 is 1.25 bits per heavy atom. The first kappa shape index (κ1) is 15.2. The Kier molecular flexibility index (Phi) is 4.91. The van der Waals surface area contributed by atoms with Crippen LogP contribution in [0.1, 0.15) is 11.1 Å². The third kappa shape index (κ3) is 3.08. The number of para-hydroxylation sites is 1. The summed E-state index contributed by atoms with van der Waals surface area (Å²) in [5.41, 5.74) is 9.55. The third-order valence-electron chi connectivity index (χ3n) is 2.97. The number of halogens is 1. The van der Waals surface area contributed by atoms with E-state index in [2.05, 4.69) is 5.32 Å². The molecule has 0 bridgehead atoms. The van der Waals surface area contributed by atoms with Crippen LogP contribution in [-0.2, 0) is 0 Å². The molecule has 3 N–H and O–H groups in total. The monoisotopic (exact) mass is 322 g/mol. The highest BCUT2D eigenvalue weighted by atomic mass is 35.5. The lowest BCUT2D eigenvalue weighted by atomic mass is 10.1. The normalized spacial score (nSPS) is 10.3. The minimum atomic E-state index is 0.377. The molecule has 20 heavy (non-hydrogen) atoms. The number of aryl methyl sites for hydroxylation is 1. The third-order valence-corrected chi connectivity index (χ3v) is 4.27. The molecule has 104 valence electrons. The molecule has 5 heteroatoms. The summed E-state index contributed by atoms with van der Waals surface area (Å²) in [4.78, 5) is 1.43. The van der Waals surface area contributed by atoms with Crippen LogP contribution in [0.15, 0.2) is 41.3 Å². The summed E-state index contributed by atoms with van der Waals surface area (Å²) in [7, 11) is 0. The Morgan fingerprint density at radius 3 is 2.55 bits per heavy atom. The van der Waals surface area contributed by atoms with Crippen molar-refractivity contribution in [2.45, 2.75) is 11.8 Å². The van der Waals surface area contributed by atoms with Crippen molar-refractivity contribution < 1.29 is 0 Å². The Bertz CT molecular complexity index is 636. The highest BCUT2D eigenvalue weighted by Crippen LogP contribution is 2.33. The Morgan fingerprint density at radius 2 is 1.95 bits per heavy atom. The van der Waals surface area contributed by atoms with E-state index in [1.54, 1.807) is 11.8 Å². The molecule has 2 aromatic rings. The van der Waals surface area contributed by atoms with Gasteiger partial charge in [-0.05, 0) is 36.9 Å². The fourth-order valence-corrected chi connectivity index (χ4v) is 3.18. The fraction of sp³-hybridized carbons (Fsp3) is 0.133. The van der Waals surface area contributed by atoms with E-state index in [-0.39, 0.29) is 0 Å². The van der Waals surface area contributed by atoms with E-state index in [0.717, 1.165) is 27.4 Å². The van der Waals surface area contributed by atoms with Gasteiger partial charge in [-0.15, -0.1) is 11.8 Å². The van der Waals surface area contributed by atoms with Gasteiger partial charge in [0, 0.05) is 16.1 Å². The van der Waals surface area contributed by atoms with Crippen molar-refractivity contribution >= 4 is 51.9 Å². The standard InChI is InChI=1S/C15H15ClN2S2/c1-9-5-3-6-10(16)14(9)18-11-7-4-8-12(20-2)13(11)15(17)19/h3-8,18H,1-2H3,(H2,17,19). The van der Waals surface area contributed by atoms with Gasteiger partial charge in [-0.1, -0.05) is 42.0 Å². The summed E-state index contributed by atoms with van der Waals surface area (Å²) >= 11 is 13.0. The summed E-state index contributed by atoms with van der Waals surface area (Å²) in [5.74, 6) is 0. The molecule has 2 rings (SSSR count). The van der Waals surface area contributed by atoms with E-state index in [9.17, 15) is 0 Å². The van der Waals surface area contributed by atoms with Crippen LogP contribution in [-0.4, -0.2) is 11.2 Å². The average molecular weight is 323 g/mol. The first-order valence-electron chi connectivity index (χ1n) is 6.03. The fourth-order valence-electron chi connectivity index (χ4n) is 1.98. The van der Waals surface area contributed by atoms with Crippen LogP contribution in [0.25, 0.3) is 0 Å². The number of benzene rings is 2. The van der Waals surface area contributed by atoms with Crippen molar-refractivity contribution in [2.24, 2.45) is 5.73 Å². The summed E-state index contributed by atoms with van der Waals surface area (Å²) in [6.07, 6.45) is 2.00. The maximum absolute atomic E-state index is 6.25. The summed E-state index contributed by atoms with van der Waals surface area (Å²) < 4.78 is 0. The number of rotatable bonds is 4. The van der Waals surface area contributed by atoms with Crippen molar-refractivity contribution in [3.63, 3.8) is 0 Å². The van der Waals surface area contributed by atoms with E-state index >= 15 is 0 Å². The van der Waals surface area contributed by atoms with E-state index in [1.807, 2.05) is 49.6 Å². The molecule has 0 heterocycles. The summed E-state index contributed by atoms with van der Waals surface area (Å²) in [6.45, 7) is 2.01. The van der Waals surface area contributed by atoms with Crippen molar-refractivity contribution in [3.05, 3.63) is 52.5 Å². The highest BCUT2D eigenvalue weighted by Gasteiger charge is 2.12. The minimum absolute atomic E-state index is 0.377. The topological polar surface area (TPSA) is 38.0 Å². The molecule has 0 aromatic heterocycles. The lowest BCUT2D eigenvalue weighted by Gasteiger charge is -2.16. The SMILES string of the molecule is CSc1cccc(Nc2c(C)cccc2Cl)c1C(N)=S. The Hall–Kier alpha value is -1.23. The quantitative estimate of drug-likeness (QED) is 0.629. The maximum atomic E-state index is 6.25. The van der Waals surface area contributed by atoms with Crippen LogP contribution >= 0.6 is 35.6 Å². The van der Waals surface area contributed by atoms with Gasteiger partial charge in [0.2, 0.25) is 0 Å². The molecule has 0 aliphatic rings. The van der Waals surface area contributed by atoms with Gasteiger partial charge in [0.1, 0.15) is 4.99 Å². The van der Waals surface area contributed by atoms with Crippen LogP contribution in [0.4, 0.5) is 11.4 Å². The molecule has 0 saturated carbocycles. The molecule has 2 nitrogen and oxygen atoms in total. The Balaban J connectivity index is 2.51. The highest BCUT2D eigenvalue weighted by molar-refractivity contribution is 7.98. The predicted molar refractivity (Wildman–Crippen MR) is 93.6 cm³/mol. The zero-order valence-corrected chi connectivity index (χ0v) is 13.6. The number of anilines is 2. The van der Waals surface area contributed by atoms with Gasteiger partial charge in [0.25, 0.3) is 0 Å². The smallest absolute Gasteiger partial charge is 0.107 e. The lowest BCUT2D eigenvalue weighted by Crippen LogP contribution is -2.13. The molecule has 0 spiro atoms. The molecule has 0 unspecified atom stereocenters. The van der Waals surface area contributed by atoms with Crippen LogP contribution in [0.5, 0.6) is 0 Å². The summed E-state index contributed by atoms with van der Waals surface area (Å²) in [5, 5.41) is 4.03. The largest absolute Gasteiger partial charge is 0.389 e. The minimum Gasteiger partial charge on any atom is -0.389 e. The van der Waals surface area contributed by atoms with Gasteiger partial charge in [-0.3, -0.25) is 0 Å². The predicted octanol–water partition coefficient (Wildman–Crippen LogP) is 4.75. The molecule has 0 saturated heterocycles. The zero-order chi connectivity index (χ0) is 14.7. The van der Waals surface area contributed by atoms with Gasteiger partial charge < -0.3 is 11.1 Å². The number of nitrogens with two attached hydrogens (primary N) is 1. The number of thiocarbonyl (C=S) groups is 1. The second kappa shape index (κ2) is 6.48. The molecule has 0 aliphatic heterocycles. The van der Waals surface area contributed by atoms with Gasteiger partial charge >= 0.3 is 0 Å². The van der Waals surface area contributed by atoms with Crippen molar-refractivity contribution in [3.8, 4) is 0 Å². The van der Waals surface area contributed by atoms with E-state index in [4.69, 9.17) is 29.6 Å². The van der Waals surface area contributed by atoms with E-state index in [0.29, 0.717) is 10.0 Å². The van der Waals surface area contributed by atoms with Gasteiger partial charge in [-0.2, -0.15) is 0 Å². The first-order chi connectivity index (χ1) is 9.54. The van der Waals surface area contributed by atoms with Crippen LogP contribution in [0.2, 0.25) is 5.02 Å². The maximum Gasteiger partial charge on any atom is 0.107 e. The summed E-state index contributed by atoms with van der Waals surface area (Å²) in [6, 6.07) is 11.7. The zero-order valence-electron chi connectivity index (χ0n) is 11.2. The number of nitrogens with one attached hydrogen (secondary N) is 1. The van der Waals surface area contributed by atoms with Crippen LogP contribution in [0.3, 0.4) is 0 Å². The molecule has 0 amide bonds. The second-order valence-corrected chi connectivity index (χ2v) is 6.00. The van der Waals surface area contributed by atoms with Gasteiger partial charge in [0.05, 0.1) is 10.7 Å². The molecule has 0 radical (unpaired) electrons. The molecule has 2 aromatic carbocycles. The molecule has 0 fully saturated rings. The number of thioether (sulfide) groups is 1. The second-order valence-electron chi connectivity index (χ2n) is 4.30. The average Bonchev–Trinajstić information content (AvgIpc) is 2.42. The Labute approximate surface area is 133 Å². The van der Waals surface area contributed by atoms with Crippen LogP contribution in [0, 0.1) is 6.92 Å². The molecular weight excluding hydrogens is 308 g/mol. The van der Waals surface area contributed by atoms with Crippen molar-refractivity contribution in [1.82, 2.24) is 0 Å². The van der Waals surface area contributed by atoms with Gasteiger partial charge in [0.15, 0.2) is 0 Å². The van der Waals surface area contributed by atoms with Gasteiger partial charge in [-0.25, -0.2) is 0 Å².